The molecule has 1 radical (unpaired) electrons. The van der Waals surface area contributed by atoms with Gasteiger partial charge in [-0.2, -0.15) is 30.6 Å². The summed E-state index contributed by atoms with van der Waals surface area (Å²) in [5.41, 5.74) is -2.66. The summed E-state index contributed by atoms with van der Waals surface area (Å²) in [5.74, 6) is 0. The van der Waals surface area contributed by atoms with E-state index in [0.717, 1.165) is 24.3 Å². The Hall–Kier alpha value is 0.288. The molecule has 0 spiro atoms. The van der Waals surface area contributed by atoms with Crippen LogP contribution in [0.3, 0.4) is 0 Å². The number of halogens is 7. The van der Waals surface area contributed by atoms with Crippen molar-refractivity contribution in [3.63, 3.8) is 0 Å². The molecule has 0 amide bonds. The van der Waals surface area contributed by atoms with Gasteiger partial charge in [-0.05, 0) is 35.4 Å². The van der Waals surface area contributed by atoms with Crippen LogP contribution in [0.15, 0.2) is 48.5 Å². The standard InChI is InChI=1S/C10H11F3O4S.C10H11F3O2.ClH.O2S.2Y/c1-16-6-9(17-18(14)15)7-2-4-8(5-3-7)10(11,12)13;1-15-6-9(14)7-2-4-8(5-3-7)10(11,12)13;;1-3-2;;/h2-5,9H,6H2,1H3,(H,14,15);2-5,9,14H,6H2,1H3;1H;;;/q;;;;;+1/p-1/t2*9-;;;;/m11..../s1. The van der Waals surface area contributed by atoms with Crippen LogP contribution in [0.25, 0.3) is 0 Å². The van der Waals surface area contributed by atoms with Gasteiger partial charge in [0, 0.05) is 46.9 Å². The van der Waals surface area contributed by atoms with E-state index in [4.69, 9.17) is 16.6 Å². The van der Waals surface area contributed by atoms with E-state index in [1.54, 1.807) is 0 Å². The van der Waals surface area contributed by atoms with Gasteiger partial charge in [-0.25, -0.2) is 0 Å². The van der Waals surface area contributed by atoms with Gasteiger partial charge in [-0.3, -0.25) is 8.74 Å². The Balaban J connectivity index is 0. The maximum Gasteiger partial charge on any atom is 0 e. The predicted molar refractivity (Wildman–Crippen MR) is 121 cm³/mol. The first-order chi connectivity index (χ1) is 17.6. The van der Waals surface area contributed by atoms with E-state index in [1.807, 2.05) is 0 Å². The Labute approximate surface area is 265 Å². The van der Waals surface area contributed by atoms with Crippen molar-refractivity contribution in [3.05, 3.63) is 70.8 Å². The second-order valence-electron chi connectivity index (χ2n) is 6.82. The van der Waals surface area contributed by atoms with Crippen LogP contribution in [-0.2, 0) is 101 Å². The Bertz CT molecular complexity index is 1110. The normalized spacial score (nSPS) is 13.2. The molecule has 2 rings (SSSR count). The van der Waals surface area contributed by atoms with Crippen molar-refractivity contribution in [2.24, 2.45) is 0 Å². The van der Waals surface area contributed by atoms with Gasteiger partial charge in [0.05, 0.1) is 24.3 Å². The predicted octanol–water partition coefficient (Wildman–Crippen LogP) is 4.95. The molecule has 0 saturated heterocycles. The van der Waals surface area contributed by atoms with E-state index in [9.17, 15) is 44.1 Å². The Morgan fingerprint density at radius 2 is 1.18 bits per heavy atom. The number of hydrogen-bond donors (Lipinski definition) is 2. The molecule has 1 unspecified atom stereocenters. The van der Waals surface area contributed by atoms with Crippen LogP contribution >= 0.6 is 7.33 Å². The molecular formula is C20H22ClF6O8S2Y2. The minimum Gasteiger partial charge on any atom is 0 e. The average Bonchev–Trinajstić information content (AvgIpc) is 2.83. The van der Waals surface area contributed by atoms with Crippen LogP contribution in [-0.4, -0.2) is 49.7 Å². The largest absolute Gasteiger partial charge is 0 e. The maximum atomic E-state index is 12.3. The van der Waals surface area contributed by atoms with E-state index in [-0.39, 0.29) is 45.9 Å². The Morgan fingerprint density at radius 3 is 1.46 bits per heavy atom. The molecule has 19 heteroatoms. The number of methoxy groups -OCH3 is 2. The SMILES string of the molecule is COC[C@@H](O)c1ccc(C(F)(F)F)cc1.COC[C@@H](OS(=O)O)c1ccc(C(F)(F)F)cc1.O=[S](=O)=[Y][Cl].[Y]. The van der Waals surface area contributed by atoms with Gasteiger partial charge >= 0.3 is 70.7 Å². The van der Waals surface area contributed by atoms with Crippen LogP contribution < -0.4 is 0 Å². The van der Waals surface area contributed by atoms with E-state index < -0.39 is 78.3 Å². The van der Waals surface area contributed by atoms with E-state index in [2.05, 4.69) is 8.92 Å². The second-order valence-corrected chi connectivity index (χ2v) is 15.5. The van der Waals surface area contributed by atoms with Gasteiger partial charge < -0.3 is 14.6 Å². The van der Waals surface area contributed by atoms with Crippen molar-refractivity contribution in [2.45, 2.75) is 24.6 Å². The topological polar surface area (TPSA) is 119 Å². The molecule has 39 heavy (non-hydrogen) atoms. The smallest absolute Gasteiger partial charge is 0 e. The number of benzene rings is 2. The molecule has 0 fully saturated rings. The fourth-order valence-corrected chi connectivity index (χ4v) is 2.83. The first kappa shape index (κ1) is 41.4. The minimum absolute atomic E-state index is 0. The summed E-state index contributed by atoms with van der Waals surface area (Å²) in [6, 6.07) is 8.48. The number of aliphatic hydroxyl groups is 1. The van der Waals surface area contributed by atoms with Gasteiger partial charge in [0.25, 0.3) is 0 Å². The Morgan fingerprint density at radius 1 is 0.821 bits per heavy atom. The fourth-order valence-electron chi connectivity index (χ4n) is 2.47. The average molecular weight is 782 g/mol. The fraction of sp³-hybridized carbons (Fsp3) is 0.400. The van der Waals surface area contributed by atoms with Crippen molar-refractivity contribution in [2.75, 3.05) is 27.4 Å². The third-order valence-electron chi connectivity index (χ3n) is 4.15. The second kappa shape index (κ2) is 21.1. The third kappa shape index (κ3) is 18.4. The zero-order valence-electron chi connectivity index (χ0n) is 20.1. The summed E-state index contributed by atoms with van der Waals surface area (Å²) in [5, 5.41) is 9.41. The van der Waals surface area contributed by atoms with Crippen molar-refractivity contribution < 1.29 is 121 Å². The summed E-state index contributed by atoms with van der Waals surface area (Å²) in [4.78, 5) is 0. The molecule has 0 heterocycles. The number of rotatable bonds is 8. The molecule has 8 nitrogen and oxygen atoms in total. The van der Waals surface area contributed by atoms with E-state index in [0.29, 0.717) is 11.1 Å². The number of hydrogen-bond acceptors (Lipinski definition) is 7. The number of ether oxygens (including phenoxy) is 2. The van der Waals surface area contributed by atoms with Crippen molar-refractivity contribution in [3.8, 4) is 0 Å². The van der Waals surface area contributed by atoms with Gasteiger partial charge in [-0.1, -0.05) is 24.3 Å². The van der Waals surface area contributed by atoms with Crippen LogP contribution in [0.2, 0.25) is 0 Å². The summed E-state index contributed by atoms with van der Waals surface area (Å²) in [6.07, 6.45) is -10.6. The van der Waals surface area contributed by atoms with Gasteiger partial charge in [-0.15, -0.1) is 0 Å². The summed E-state index contributed by atoms with van der Waals surface area (Å²) in [6.45, 7) is 0.0169. The summed E-state index contributed by atoms with van der Waals surface area (Å²) >= 11 is -4.14. The molecule has 0 saturated carbocycles. The summed E-state index contributed by atoms with van der Waals surface area (Å²) < 4.78 is 125. The third-order valence-corrected chi connectivity index (χ3v) is 8.34. The van der Waals surface area contributed by atoms with E-state index in [1.165, 1.54) is 38.5 Å². The zero-order chi connectivity index (χ0) is 29.5. The van der Waals surface area contributed by atoms with Gasteiger partial charge in [0.15, 0.2) is 0 Å². The van der Waals surface area contributed by atoms with Crippen LogP contribution in [0.4, 0.5) is 26.3 Å². The molecule has 2 aromatic rings. The number of alkyl halides is 6. The van der Waals surface area contributed by atoms with Crippen LogP contribution in [0.1, 0.15) is 34.5 Å². The summed E-state index contributed by atoms with van der Waals surface area (Å²) in [7, 11) is 7.67. The molecule has 217 valence electrons. The van der Waals surface area contributed by atoms with Crippen LogP contribution in [0.5, 0.6) is 0 Å². The molecule has 3 atom stereocenters. The number of aliphatic hydroxyl groups excluding tert-OH is 1. The molecule has 0 aromatic heterocycles. The molecule has 0 aliphatic rings. The molecule has 2 N–H and O–H groups in total. The first-order valence-corrected chi connectivity index (χ1v) is 19.2. The monoisotopic (exact) mass is 781 g/mol. The van der Waals surface area contributed by atoms with Gasteiger partial charge in [0.2, 0.25) is 0 Å². The molecular weight excluding hydrogens is 760 g/mol. The first-order valence-electron chi connectivity index (χ1n) is 9.86. The molecule has 0 bridgehead atoms. The molecule has 0 aliphatic heterocycles. The van der Waals surface area contributed by atoms with Crippen molar-refractivity contribution >= 4 is 24.4 Å². The van der Waals surface area contributed by atoms with Crippen molar-refractivity contribution in [1.82, 2.24) is 0 Å². The molecule has 0 aliphatic carbocycles. The maximum absolute atomic E-state index is 12.3. The van der Waals surface area contributed by atoms with Crippen molar-refractivity contribution in [1.29, 1.82) is 0 Å². The zero-order valence-corrected chi connectivity index (χ0v) is 28.2. The minimum atomic E-state index is -4.42. The van der Waals surface area contributed by atoms with Gasteiger partial charge in [0.1, 0.15) is 12.2 Å². The van der Waals surface area contributed by atoms with Crippen LogP contribution in [0, 0.1) is 0 Å². The van der Waals surface area contributed by atoms with E-state index >= 15 is 0 Å². The quantitative estimate of drug-likeness (QED) is 0.286. The Kier molecular flexibility index (Phi) is 22.4. The molecule has 2 aromatic carbocycles.